The van der Waals surface area contributed by atoms with E-state index in [4.69, 9.17) is 4.74 Å². The van der Waals surface area contributed by atoms with Gasteiger partial charge >= 0.3 is 0 Å². The number of rotatable bonds is 5. The van der Waals surface area contributed by atoms with E-state index >= 15 is 0 Å². The summed E-state index contributed by atoms with van der Waals surface area (Å²) >= 11 is 0. The lowest BCUT2D eigenvalue weighted by Gasteiger charge is -2.40. The summed E-state index contributed by atoms with van der Waals surface area (Å²) in [6.45, 7) is 5.39. The maximum Gasteiger partial charge on any atom is 0.239 e. The van der Waals surface area contributed by atoms with Crippen LogP contribution < -0.4 is 5.32 Å². The molecule has 110 valence electrons. The van der Waals surface area contributed by atoms with Gasteiger partial charge in [0, 0.05) is 39.1 Å². The minimum atomic E-state index is -0.749. The third-order valence-corrected chi connectivity index (χ3v) is 4.08. The lowest BCUT2D eigenvalue weighted by atomic mass is 9.92. The van der Waals surface area contributed by atoms with Crippen LogP contribution in [0.15, 0.2) is 0 Å². The van der Waals surface area contributed by atoms with Crippen LogP contribution in [0.2, 0.25) is 0 Å². The molecule has 0 bridgehead atoms. The summed E-state index contributed by atoms with van der Waals surface area (Å²) < 4.78 is 5.28. The molecule has 0 aliphatic carbocycles. The van der Waals surface area contributed by atoms with E-state index in [0.717, 1.165) is 32.4 Å². The molecule has 2 fully saturated rings. The zero-order valence-corrected chi connectivity index (χ0v) is 11.9. The van der Waals surface area contributed by atoms with Crippen molar-refractivity contribution in [2.75, 3.05) is 32.8 Å². The topological polar surface area (TPSA) is 61.8 Å². The van der Waals surface area contributed by atoms with Crippen molar-refractivity contribution in [3.8, 4) is 0 Å². The van der Waals surface area contributed by atoms with E-state index in [1.807, 2.05) is 4.90 Å². The molecule has 0 aromatic carbocycles. The number of carbonyl (C=O) groups excluding carboxylic acids is 1. The second kappa shape index (κ2) is 6.68. The quantitative estimate of drug-likeness (QED) is 0.764. The Morgan fingerprint density at radius 2 is 2.21 bits per heavy atom. The van der Waals surface area contributed by atoms with E-state index < -0.39 is 5.60 Å². The van der Waals surface area contributed by atoms with Crippen molar-refractivity contribution in [3.63, 3.8) is 0 Å². The first-order valence-corrected chi connectivity index (χ1v) is 7.47. The second-order valence-electron chi connectivity index (χ2n) is 5.75. The standard InChI is InChI=1S/C14H26N2O3/c1-2-7-15-12-4-3-8-16(13(12)17)11-14(18)5-9-19-10-6-14/h12,15,18H,2-11H2,1H3. The molecule has 1 atom stereocenters. The molecule has 5 nitrogen and oxygen atoms in total. The van der Waals surface area contributed by atoms with Gasteiger partial charge in [-0.3, -0.25) is 4.79 Å². The molecule has 2 saturated heterocycles. The molecule has 1 amide bonds. The highest BCUT2D eigenvalue weighted by molar-refractivity contribution is 5.82. The molecule has 0 saturated carbocycles. The zero-order valence-electron chi connectivity index (χ0n) is 11.9. The Balaban J connectivity index is 1.90. The minimum Gasteiger partial charge on any atom is -0.388 e. The Kier molecular flexibility index (Phi) is 5.19. The summed E-state index contributed by atoms with van der Waals surface area (Å²) in [5.74, 6) is 0.152. The second-order valence-corrected chi connectivity index (χ2v) is 5.75. The summed E-state index contributed by atoms with van der Waals surface area (Å²) in [7, 11) is 0. The lowest BCUT2D eigenvalue weighted by molar-refractivity contribution is -0.143. The molecule has 2 aliphatic heterocycles. The van der Waals surface area contributed by atoms with Gasteiger partial charge in [0.15, 0.2) is 0 Å². The number of piperidine rings is 1. The SMILES string of the molecule is CCCNC1CCCN(CC2(O)CCOCC2)C1=O. The number of likely N-dealkylation sites (tertiary alicyclic amines) is 1. The Bertz CT molecular complexity index is 303. The largest absolute Gasteiger partial charge is 0.388 e. The Morgan fingerprint density at radius 1 is 1.47 bits per heavy atom. The highest BCUT2D eigenvalue weighted by Gasteiger charge is 2.36. The summed E-state index contributed by atoms with van der Waals surface area (Å²) in [6.07, 6.45) is 4.22. The van der Waals surface area contributed by atoms with Crippen molar-refractivity contribution in [2.45, 2.75) is 50.7 Å². The van der Waals surface area contributed by atoms with Crippen molar-refractivity contribution >= 4 is 5.91 Å². The van der Waals surface area contributed by atoms with Gasteiger partial charge in [-0.25, -0.2) is 0 Å². The first kappa shape index (κ1) is 14.8. The van der Waals surface area contributed by atoms with Gasteiger partial charge in [0.25, 0.3) is 0 Å². The van der Waals surface area contributed by atoms with E-state index in [1.54, 1.807) is 0 Å². The van der Waals surface area contributed by atoms with E-state index in [9.17, 15) is 9.90 Å². The highest BCUT2D eigenvalue weighted by Crippen LogP contribution is 2.24. The first-order valence-electron chi connectivity index (χ1n) is 7.47. The normalized spacial score (nSPS) is 27.6. The molecule has 0 spiro atoms. The minimum absolute atomic E-state index is 0.0582. The molecule has 0 aromatic rings. The monoisotopic (exact) mass is 270 g/mol. The fourth-order valence-corrected chi connectivity index (χ4v) is 2.87. The van der Waals surface area contributed by atoms with Gasteiger partial charge < -0.3 is 20.1 Å². The number of amides is 1. The van der Waals surface area contributed by atoms with Crippen molar-refractivity contribution in [1.82, 2.24) is 10.2 Å². The molecule has 2 rings (SSSR count). The van der Waals surface area contributed by atoms with E-state index in [2.05, 4.69) is 12.2 Å². The van der Waals surface area contributed by atoms with Crippen molar-refractivity contribution in [3.05, 3.63) is 0 Å². The fourth-order valence-electron chi connectivity index (χ4n) is 2.87. The molecule has 19 heavy (non-hydrogen) atoms. The fraction of sp³-hybridized carbons (Fsp3) is 0.929. The summed E-state index contributed by atoms with van der Waals surface area (Å²) in [5.41, 5.74) is -0.749. The highest BCUT2D eigenvalue weighted by atomic mass is 16.5. The molecule has 2 N–H and O–H groups in total. The lowest BCUT2D eigenvalue weighted by Crippen LogP contribution is -2.56. The molecule has 1 unspecified atom stereocenters. The van der Waals surface area contributed by atoms with E-state index in [1.165, 1.54) is 0 Å². The van der Waals surface area contributed by atoms with Gasteiger partial charge in [-0.05, 0) is 25.8 Å². The van der Waals surface area contributed by atoms with E-state index in [0.29, 0.717) is 32.6 Å². The maximum absolute atomic E-state index is 12.4. The summed E-state index contributed by atoms with van der Waals surface area (Å²) in [5, 5.41) is 13.8. The Labute approximate surface area is 115 Å². The number of aliphatic hydroxyl groups is 1. The molecule has 2 aliphatic rings. The predicted molar refractivity (Wildman–Crippen MR) is 72.9 cm³/mol. The number of hydrogen-bond acceptors (Lipinski definition) is 4. The van der Waals surface area contributed by atoms with Gasteiger partial charge in [0.05, 0.1) is 11.6 Å². The number of carbonyl (C=O) groups is 1. The maximum atomic E-state index is 12.4. The Hall–Kier alpha value is -0.650. The molecule has 0 aromatic heterocycles. The number of β-amino-alcohol motifs (C(OH)–C–C–N with tert-alkyl or cyclic N) is 1. The van der Waals surface area contributed by atoms with Gasteiger partial charge in [-0.2, -0.15) is 0 Å². The van der Waals surface area contributed by atoms with Gasteiger partial charge in [0.2, 0.25) is 5.91 Å². The van der Waals surface area contributed by atoms with Crippen LogP contribution in [0.25, 0.3) is 0 Å². The molecule has 5 heteroatoms. The average molecular weight is 270 g/mol. The van der Waals surface area contributed by atoms with Gasteiger partial charge in [0.1, 0.15) is 0 Å². The summed E-state index contributed by atoms with van der Waals surface area (Å²) in [4.78, 5) is 14.2. The van der Waals surface area contributed by atoms with Crippen LogP contribution in [0.4, 0.5) is 0 Å². The Morgan fingerprint density at radius 3 is 2.89 bits per heavy atom. The summed E-state index contributed by atoms with van der Waals surface area (Å²) in [6, 6.07) is -0.0582. The molecular formula is C14H26N2O3. The number of nitrogens with zero attached hydrogens (tertiary/aromatic N) is 1. The zero-order chi connectivity index (χ0) is 13.7. The van der Waals surface area contributed by atoms with Gasteiger partial charge in [-0.1, -0.05) is 6.92 Å². The third-order valence-electron chi connectivity index (χ3n) is 4.08. The average Bonchev–Trinajstić information content (AvgIpc) is 2.40. The van der Waals surface area contributed by atoms with E-state index in [-0.39, 0.29) is 11.9 Å². The van der Waals surface area contributed by atoms with Crippen LogP contribution in [0.5, 0.6) is 0 Å². The smallest absolute Gasteiger partial charge is 0.239 e. The number of ether oxygens (including phenoxy) is 1. The van der Waals surface area contributed by atoms with Crippen molar-refractivity contribution in [2.24, 2.45) is 0 Å². The van der Waals surface area contributed by atoms with Crippen molar-refractivity contribution < 1.29 is 14.6 Å². The molecular weight excluding hydrogens is 244 g/mol. The number of hydrogen-bond donors (Lipinski definition) is 2. The van der Waals surface area contributed by atoms with Crippen LogP contribution in [-0.4, -0.2) is 60.4 Å². The van der Waals surface area contributed by atoms with Gasteiger partial charge in [-0.15, -0.1) is 0 Å². The van der Waals surface area contributed by atoms with Crippen molar-refractivity contribution in [1.29, 1.82) is 0 Å². The third kappa shape index (κ3) is 3.91. The van der Waals surface area contributed by atoms with Crippen LogP contribution in [0, 0.1) is 0 Å². The molecule has 2 heterocycles. The van der Waals surface area contributed by atoms with Crippen LogP contribution in [0.3, 0.4) is 0 Å². The first-order chi connectivity index (χ1) is 9.14. The predicted octanol–water partition coefficient (Wildman–Crippen LogP) is 0.518. The van der Waals surface area contributed by atoms with Crippen LogP contribution in [0.1, 0.15) is 39.0 Å². The van der Waals surface area contributed by atoms with Crippen LogP contribution >= 0.6 is 0 Å². The number of nitrogens with one attached hydrogen (secondary N) is 1. The molecule has 0 radical (unpaired) electrons. The van der Waals surface area contributed by atoms with Crippen LogP contribution in [-0.2, 0) is 9.53 Å².